The molecular weight excluding hydrogens is 364 g/mol. The molecule has 0 N–H and O–H groups in total. The summed E-state index contributed by atoms with van der Waals surface area (Å²) in [7, 11) is 0. The number of carbonyl (C=O) groups is 1. The molecule has 5 rings (SSSR count). The van der Waals surface area contributed by atoms with Gasteiger partial charge in [0.2, 0.25) is 6.79 Å². The molecule has 7 heteroatoms. The molecule has 0 spiro atoms. The van der Waals surface area contributed by atoms with Gasteiger partial charge in [-0.2, -0.15) is 0 Å². The summed E-state index contributed by atoms with van der Waals surface area (Å²) in [6, 6.07) is 13.4. The van der Waals surface area contributed by atoms with Crippen LogP contribution in [-0.2, 0) is 0 Å². The second-order valence-electron chi connectivity index (χ2n) is 6.62. The topological polar surface area (TPSA) is 60.9 Å². The van der Waals surface area contributed by atoms with Crippen LogP contribution >= 0.6 is 11.3 Å². The first-order valence-electron chi connectivity index (χ1n) is 8.97. The van der Waals surface area contributed by atoms with Crippen LogP contribution < -0.4 is 14.2 Å². The maximum Gasteiger partial charge on any atom is 0.274 e. The second-order valence-corrected chi connectivity index (χ2v) is 7.62. The Bertz CT molecular complexity index is 962. The number of nitrogens with zero attached hydrogens (tertiary/aromatic N) is 2. The molecule has 2 aromatic carbocycles. The molecule has 1 fully saturated rings. The highest BCUT2D eigenvalue weighted by molar-refractivity contribution is 7.20. The van der Waals surface area contributed by atoms with E-state index in [1.807, 2.05) is 29.2 Å². The van der Waals surface area contributed by atoms with E-state index in [9.17, 15) is 4.79 Å². The number of rotatable bonds is 3. The Labute approximate surface area is 160 Å². The van der Waals surface area contributed by atoms with Crippen molar-refractivity contribution < 1.29 is 19.0 Å². The van der Waals surface area contributed by atoms with Gasteiger partial charge < -0.3 is 19.1 Å². The van der Waals surface area contributed by atoms with Crippen molar-refractivity contribution in [2.75, 3.05) is 19.9 Å². The number of carbonyl (C=O) groups excluding carboxylic acids is 1. The van der Waals surface area contributed by atoms with Crippen LogP contribution in [0.15, 0.2) is 42.5 Å². The standard InChI is InChI=1S/C20H18N2O4S/c23-19(13-5-6-16-17(11-13)25-12-24-16)22-9-7-14(8-10-22)26-20-21-15-3-1-2-4-18(15)27-20/h1-6,11,14H,7-10,12H2. The Morgan fingerprint density at radius 3 is 2.78 bits per heavy atom. The quantitative estimate of drug-likeness (QED) is 0.691. The van der Waals surface area contributed by atoms with Crippen LogP contribution in [0, 0.1) is 0 Å². The van der Waals surface area contributed by atoms with E-state index in [2.05, 4.69) is 4.98 Å². The Morgan fingerprint density at radius 1 is 1.11 bits per heavy atom. The van der Waals surface area contributed by atoms with Crippen LogP contribution in [0.25, 0.3) is 10.2 Å². The zero-order chi connectivity index (χ0) is 18.2. The van der Waals surface area contributed by atoms with Crippen LogP contribution in [-0.4, -0.2) is 41.8 Å². The van der Waals surface area contributed by atoms with Crippen molar-refractivity contribution in [3.63, 3.8) is 0 Å². The fourth-order valence-electron chi connectivity index (χ4n) is 3.43. The van der Waals surface area contributed by atoms with Gasteiger partial charge >= 0.3 is 0 Å². The Kier molecular flexibility index (Phi) is 4.09. The number of benzene rings is 2. The smallest absolute Gasteiger partial charge is 0.274 e. The number of para-hydroxylation sites is 1. The number of thiazole rings is 1. The minimum Gasteiger partial charge on any atom is -0.467 e. The third-order valence-corrected chi connectivity index (χ3v) is 5.82. The average molecular weight is 382 g/mol. The van der Waals surface area contributed by atoms with Gasteiger partial charge in [0.05, 0.1) is 10.2 Å². The van der Waals surface area contributed by atoms with Crippen LogP contribution in [0.5, 0.6) is 16.7 Å². The molecule has 0 saturated carbocycles. The van der Waals surface area contributed by atoms with Crippen LogP contribution in [0.3, 0.4) is 0 Å². The number of amides is 1. The predicted octanol–water partition coefficient (Wildman–Crippen LogP) is 3.71. The van der Waals surface area contributed by atoms with Crippen LogP contribution in [0.4, 0.5) is 0 Å². The molecule has 0 bridgehead atoms. The Morgan fingerprint density at radius 2 is 1.93 bits per heavy atom. The van der Waals surface area contributed by atoms with E-state index in [1.165, 1.54) is 0 Å². The van der Waals surface area contributed by atoms with Gasteiger partial charge in [0.15, 0.2) is 11.5 Å². The monoisotopic (exact) mass is 382 g/mol. The van der Waals surface area contributed by atoms with Crippen molar-refractivity contribution in [3.8, 4) is 16.7 Å². The van der Waals surface area contributed by atoms with E-state index in [4.69, 9.17) is 14.2 Å². The summed E-state index contributed by atoms with van der Waals surface area (Å²) in [4.78, 5) is 19.2. The molecule has 27 heavy (non-hydrogen) atoms. The number of ether oxygens (including phenoxy) is 3. The van der Waals surface area contributed by atoms with Gasteiger partial charge in [0.1, 0.15) is 6.10 Å². The minimum absolute atomic E-state index is 0.0201. The highest BCUT2D eigenvalue weighted by atomic mass is 32.1. The summed E-state index contributed by atoms with van der Waals surface area (Å²) in [5.74, 6) is 1.34. The van der Waals surface area contributed by atoms with E-state index in [0.29, 0.717) is 35.3 Å². The van der Waals surface area contributed by atoms with E-state index >= 15 is 0 Å². The highest BCUT2D eigenvalue weighted by Crippen LogP contribution is 2.33. The van der Waals surface area contributed by atoms with E-state index < -0.39 is 0 Å². The predicted molar refractivity (Wildman–Crippen MR) is 102 cm³/mol. The molecule has 2 aliphatic heterocycles. The number of fused-ring (bicyclic) bond motifs is 2. The van der Waals surface area contributed by atoms with E-state index in [-0.39, 0.29) is 18.8 Å². The van der Waals surface area contributed by atoms with Crippen molar-refractivity contribution in [3.05, 3.63) is 48.0 Å². The first kappa shape index (κ1) is 16.4. The summed E-state index contributed by atoms with van der Waals surface area (Å²) < 4.78 is 17.9. The maximum atomic E-state index is 12.8. The van der Waals surface area contributed by atoms with Gasteiger partial charge in [-0.3, -0.25) is 4.79 Å². The Hall–Kier alpha value is -2.80. The van der Waals surface area contributed by atoms with Crippen molar-refractivity contribution in [1.29, 1.82) is 0 Å². The molecule has 0 atom stereocenters. The number of likely N-dealkylation sites (tertiary alicyclic amines) is 1. The second kappa shape index (κ2) is 6.74. The van der Waals surface area contributed by atoms with E-state index in [0.717, 1.165) is 23.1 Å². The number of hydrogen-bond acceptors (Lipinski definition) is 6. The van der Waals surface area contributed by atoms with Crippen molar-refractivity contribution >= 4 is 27.5 Å². The van der Waals surface area contributed by atoms with Crippen LogP contribution in [0.2, 0.25) is 0 Å². The molecule has 1 aromatic heterocycles. The third-order valence-electron chi connectivity index (χ3n) is 4.89. The molecule has 6 nitrogen and oxygen atoms in total. The lowest BCUT2D eigenvalue weighted by Gasteiger charge is -2.31. The summed E-state index contributed by atoms with van der Waals surface area (Å²) >= 11 is 1.57. The van der Waals surface area contributed by atoms with Gasteiger partial charge in [0.25, 0.3) is 11.1 Å². The third kappa shape index (κ3) is 3.19. The summed E-state index contributed by atoms with van der Waals surface area (Å²) in [5, 5.41) is 0.705. The van der Waals surface area contributed by atoms with Crippen molar-refractivity contribution in [1.82, 2.24) is 9.88 Å². The number of hydrogen-bond donors (Lipinski definition) is 0. The molecular formula is C20H18N2O4S. The van der Waals surface area contributed by atoms with Crippen molar-refractivity contribution in [2.45, 2.75) is 18.9 Å². The lowest BCUT2D eigenvalue weighted by atomic mass is 10.1. The summed E-state index contributed by atoms with van der Waals surface area (Å²) in [6.07, 6.45) is 1.68. The first-order chi connectivity index (χ1) is 13.3. The van der Waals surface area contributed by atoms with E-state index in [1.54, 1.807) is 29.5 Å². The molecule has 0 unspecified atom stereocenters. The van der Waals surface area contributed by atoms with Gasteiger partial charge in [-0.15, -0.1) is 0 Å². The van der Waals surface area contributed by atoms with Gasteiger partial charge in [-0.1, -0.05) is 23.5 Å². The summed E-state index contributed by atoms with van der Waals surface area (Å²) in [6.45, 7) is 1.55. The molecule has 3 heterocycles. The minimum atomic E-state index is 0.0201. The van der Waals surface area contributed by atoms with Gasteiger partial charge in [-0.05, 0) is 30.3 Å². The summed E-state index contributed by atoms with van der Waals surface area (Å²) in [5.41, 5.74) is 1.60. The fraction of sp³-hybridized carbons (Fsp3) is 0.300. The molecule has 0 radical (unpaired) electrons. The molecule has 1 amide bonds. The molecule has 3 aromatic rings. The highest BCUT2D eigenvalue weighted by Gasteiger charge is 2.26. The fourth-order valence-corrected chi connectivity index (χ4v) is 4.31. The lowest BCUT2D eigenvalue weighted by molar-refractivity contribution is 0.0595. The van der Waals surface area contributed by atoms with Gasteiger partial charge in [-0.25, -0.2) is 4.98 Å². The lowest BCUT2D eigenvalue weighted by Crippen LogP contribution is -2.41. The maximum absolute atomic E-state index is 12.8. The molecule has 0 aliphatic carbocycles. The normalized spacial score (nSPS) is 16.7. The average Bonchev–Trinajstić information content (AvgIpc) is 3.33. The molecule has 1 saturated heterocycles. The Balaban J connectivity index is 1.21. The van der Waals surface area contributed by atoms with Gasteiger partial charge in [0, 0.05) is 31.5 Å². The largest absolute Gasteiger partial charge is 0.467 e. The zero-order valence-electron chi connectivity index (χ0n) is 14.6. The molecule has 138 valence electrons. The molecule has 2 aliphatic rings. The first-order valence-corrected chi connectivity index (χ1v) is 9.79. The SMILES string of the molecule is O=C(c1ccc2c(c1)OCO2)N1CCC(Oc2nc3ccccc3s2)CC1. The van der Waals surface area contributed by atoms with Crippen molar-refractivity contribution in [2.24, 2.45) is 0 Å². The number of aromatic nitrogens is 1. The van der Waals surface area contributed by atoms with Crippen LogP contribution in [0.1, 0.15) is 23.2 Å². The number of piperidine rings is 1. The zero-order valence-corrected chi connectivity index (χ0v) is 15.4.